The lowest BCUT2D eigenvalue weighted by Crippen LogP contribution is -2.59. The molecule has 1 saturated heterocycles. The summed E-state index contributed by atoms with van der Waals surface area (Å²) < 4.78 is 5.87. The van der Waals surface area contributed by atoms with Crippen molar-refractivity contribution in [3.8, 4) is 5.75 Å². The molecule has 2 amide bonds. The Morgan fingerprint density at radius 1 is 0.914 bits per heavy atom. The second-order valence-electron chi connectivity index (χ2n) is 10.3. The Bertz CT molecular complexity index is 1030. The Hall–Kier alpha value is -2.82. The summed E-state index contributed by atoms with van der Waals surface area (Å²) in [6.07, 6.45) is 10.6. The average Bonchev–Trinajstić information content (AvgIpc) is 2.90. The number of carbonyl (C=O) groups excluding carboxylic acids is 2. The van der Waals surface area contributed by atoms with Crippen molar-refractivity contribution in [1.29, 1.82) is 0 Å². The van der Waals surface area contributed by atoms with E-state index < -0.39 is 6.04 Å². The summed E-state index contributed by atoms with van der Waals surface area (Å²) >= 11 is 0. The molecule has 0 N–H and O–H groups in total. The van der Waals surface area contributed by atoms with Gasteiger partial charge in [-0.05, 0) is 67.3 Å². The third-order valence-electron chi connectivity index (χ3n) is 8.04. The summed E-state index contributed by atoms with van der Waals surface area (Å²) in [6, 6.07) is 15.9. The zero-order valence-electron chi connectivity index (χ0n) is 21.0. The van der Waals surface area contributed by atoms with E-state index in [-0.39, 0.29) is 30.4 Å². The quantitative estimate of drug-likeness (QED) is 0.463. The van der Waals surface area contributed by atoms with Crippen molar-refractivity contribution in [2.24, 2.45) is 0 Å². The third kappa shape index (κ3) is 4.96. The number of fused-ring (bicyclic) bond motifs is 1. The number of amides is 2. The van der Waals surface area contributed by atoms with Gasteiger partial charge in [-0.25, -0.2) is 0 Å². The molecule has 5 rings (SSSR count). The van der Waals surface area contributed by atoms with Gasteiger partial charge in [0.2, 0.25) is 5.91 Å². The summed E-state index contributed by atoms with van der Waals surface area (Å²) in [4.78, 5) is 31.8. The van der Waals surface area contributed by atoms with Gasteiger partial charge in [0.05, 0.1) is 12.6 Å². The lowest BCUT2D eigenvalue weighted by Gasteiger charge is -2.48. The maximum absolute atomic E-state index is 14.1. The van der Waals surface area contributed by atoms with Gasteiger partial charge in [-0.1, -0.05) is 69.0 Å². The molecule has 5 nitrogen and oxygen atoms in total. The van der Waals surface area contributed by atoms with Crippen molar-refractivity contribution >= 4 is 11.8 Å². The van der Waals surface area contributed by atoms with E-state index in [1.165, 1.54) is 17.5 Å². The fraction of sp³-hybridized carbons (Fsp3) is 0.533. The maximum Gasteiger partial charge on any atom is 0.250 e. The number of aryl methyl sites for hydroxylation is 1. The van der Waals surface area contributed by atoms with Crippen molar-refractivity contribution in [2.45, 2.75) is 89.3 Å². The van der Waals surface area contributed by atoms with Crippen LogP contribution in [0.5, 0.6) is 5.75 Å². The molecule has 2 atom stereocenters. The molecule has 1 saturated carbocycles. The van der Waals surface area contributed by atoms with Gasteiger partial charge in [0.1, 0.15) is 18.3 Å². The van der Waals surface area contributed by atoms with Gasteiger partial charge in [-0.15, -0.1) is 0 Å². The average molecular weight is 475 g/mol. The molecule has 3 aliphatic rings. The molecule has 2 fully saturated rings. The Balaban J connectivity index is 1.49. The van der Waals surface area contributed by atoms with Gasteiger partial charge in [-0.3, -0.25) is 9.59 Å². The van der Waals surface area contributed by atoms with Crippen LogP contribution in [-0.2, 0) is 16.0 Å². The normalized spacial score (nSPS) is 23.3. The number of nitrogens with zero attached hydrogens (tertiary/aromatic N) is 2. The minimum atomic E-state index is -0.584. The van der Waals surface area contributed by atoms with Crippen molar-refractivity contribution in [1.82, 2.24) is 9.80 Å². The van der Waals surface area contributed by atoms with E-state index in [9.17, 15) is 9.59 Å². The summed E-state index contributed by atoms with van der Waals surface area (Å²) in [7, 11) is 0. The highest BCUT2D eigenvalue weighted by Crippen LogP contribution is 2.42. The first-order chi connectivity index (χ1) is 17.2. The molecule has 1 heterocycles. The molecule has 2 aromatic carbocycles. The molecule has 5 heteroatoms. The van der Waals surface area contributed by atoms with Crippen LogP contribution in [0.1, 0.15) is 93.5 Å². The lowest BCUT2D eigenvalue weighted by molar-refractivity contribution is -0.162. The molecule has 2 aromatic rings. The van der Waals surface area contributed by atoms with Crippen LogP contribution in [0.25, 0.3) is 0 Å². The number of piperazine rings is 1. The Kier molecular flexibility index (Phi) is 7.40. The standard InChI is InChI=1S/C30H38N2O3/c1-2-3-20-35-25-18-16-23(17-19-25)29-30(34)31(24-12-5-4-6-13-24)21-28(33)32(29)27-15-9-11-22-10-7-8-14-26(22)27/h7-8,10,14,16-19,24,27,29H,2-6,9,11-13,15,20-21H2,1H3. The summed E-state index contributed by atoms with van der Waals surface area (Å²) in [5, 5.41) is 0. The number of hydrogen-bond donors (Lipinski definition) is 0. The predicted molar refractivity (Wildman–Crippen MR) is 137 cm³/mol. The topological polar surface area (TPSA) is 49.9 Å². The number of ether oxygens (including phenoxy) is 1. The third-order valence-corrected chi connectivity index (χ3v) is 8.04. The van der Waals surface area contributed by atoms with Crippen molar-refractivity contribution in [3.63, 3.8) is 0 Å². The number of rotatable bonds is 7. The first-order valence-corrected chi connectivity index (χ1v) is 13.6. The van der Waals surface area contributed by atoms with E-state index in [1.54, 1.807) is 0 Å². The van der Waals surface area contributed by atoms with Crippen LogP contribution in [0.15, 0.2) is 48.5 Å². The van der Waals surface area contributed by atoms with Crippen LogP contribution in [-0.4, -0.2) is 40.8 Å². The lowest BCUT2D eigenvalue weighted by atomic mass is 9.84. The molecule has 0 bridgehead atoms. The van der Waals surface area contributed by atoms with E-state index >= 15 is 0 Å². The zero-order chi connectivity index (χ0) is 24.2. The molecule has 1 aliphatic heterocycles. The van der Waals surface area contributed by atoms with E-state index in [0.717, 1.165) is 69.1 Å². The van der Waals surface area contributed by atoms with Gasteiger partial charge in [0.25, 0.3) is 5.91 Å². The van der Waals surface area contributed by atoms with Crippen molar-refractivity contribution < 1.29 is 14.3 Å². The number of carbonyl (C=O) groups is 2. The fourth-order valence-electron chi connectivity index (χ4n) is 6.18. The van der Waals surface area contributed by atoms with Crippen LogP contribution in [0.3, 0.4) is 0 Å². The largest absolute Gasteiger partial charge is 0.494 e. The molecule has 0 radical (unpaired) electrons. The highest BCUT2D eigenvalue weighted by molar-refractivity contribution is 5.96. The molecular formula is C30H38N2O3. The number of hydrogen-bond acceptors (Lipinski definition) is 3. The summed E-state index contributed by atoms with van der Waals surface area (Å²) in [5.74, 6) is 0.972. The summed E-state index contributed by atoms with van der Waals surface area (Å²) in [5.41, 5.74) is 3.39. The van der Waals surface area contributed by atoms with Gasteiger partial charge < -0.3 is 14.5 Å². The van der Waals surface area contributed by atoms with E-state index in [4.69, 9.17) is 4.74 Å². The Morgan fingerprint density at radius 2 is 1.69 bits per heavy atom. The van der Waals surface area contributed by atoms with E-state index in [0.29, 0.717) is 6.61 Å². The van der Waals surface area contributed by atoms with Crippen LogP contribution < -0.4 is 4.74 Å². The molecule has 2 unspecified atom stereocenters. The first-order valence-electron chi connectivity index (χ1n) is 13.6. The molecule has 0 spiro atoms. The molecule has 2 aliphatic carbocycles. The highest BCUT2D eigenvalue weighted by Gasteiger charge is 2.46. The fourth-order valence-corrected chi connectivity index (χ4v) is 6.18. The van der Waals surface area contributed by atoms with Crippen LogP contribution >= 0.6 is 0 Å². The van der Waals surface area contributed by atoms with Crippen molar-refractivity contribution in [2.75, 3.05) is 13.2 Å². The zero-order valence-corrected chi connectivity index (χ0v) is 21.0. The smallest absolute Gasteiger partial charge is 0.250 e. The molecular weight excluding hydrogens is 436 g/mol. The first kappa shape index (κ1) is 23.9. The van der Waals surface area contributed by atoms with Crippen LogP contribution in [0.2, 0.25) is 0 Å². The molecule has 0 aromatic heterocycles. The predicted octanol–water partition coefficient (Wildman–Crippen LogP) is 5.99. The number of benzene rings is 2. The molecule has 186 valence electrons. The SMILES string of the molecule is CCCCOc1ccc(C2C(=O)N(C3CCCCC3)CC(=O)N2C2CCCc3ccccc32)cc1. The number of unbranched alkanes of at least 4 members (excludes halogenated alkanes) is 1. The molecule has 35 heavy (non-hydrogen) atoms. The van der Waals surface area contributed by atoms with Crippen LogP contribution in [0, 0.1) is 0 Å². The minimum absolute atomic E-state index is 0.0598. The second-order valence-corrected chi connectivity index (χ2v) is 10.3. The van der Waals surface area contributed by atoms with Gasteiger partial charge in [0.15, 0.2) is 0 Å². The summed E-state index contributed by atoms with van der Waals surface area (Å²) in [6.45, 7) is 3.04. The van der Waals surface area contributed by atoms with E-state index in [2.05, 4.69) is 31.2 Å². The Morgan fingerprint density at radius 3 is 2.46 bits per heavy atom. The van der Waals surface area contributed by atoms with Gasteiger partial charge >= 0.3 is 0 Å². The van der Waals surface area contributed by atoms with E-state index in [1.807, 2.05) is 34.1 Å². The maximum atomic E-state index is 14.1. The highest BCUT2D eigenvalue weighted by atomic mass is 16.5. The second kappa shape index (κ2) is 10.8. The Labute approximate surface area is 209 Å². The van der Waals surface area contributed by atoms with Crippen molar-refractivity contribution in [3.05, 3.63) is 65.2 Å². The minimum Gasteiger partial charge on any atom is -0.494 e. The van der Waals surface area contributed by atoms with Gasteiger partial charge in [-0.2, -0.15) is 0 Å². The van der Waals surface area contributed by atoms with Gasteiger partial charge in [0, 0.05) is 6.04 Å². The van der Waals surface area contributed by atoms with Crippen LogP contribution in [0.4, 0.5) is 0 Å². The monoisotopic (exact) mass is 474 g/mol.